The Morgan fingerprint density at radius 1 is 1.42 bits per heavy atom. The van der Waals surface area contributed by atoms with Crippen molar-refractivity contribution in [3.05, 3.63) is 16.3 Å². The second-order valence-corrected chi connectivity index (χ2v) is 6.44. The van der Waals surface area contributed by atoms with E-state index in [0.29, 0.717) is 23.5 Å². The lowest BCUT2D eigenvalue weighted by Crippen LogP contribution is -2.56. The molecule has 19 heavy (non-hydrogen) atoms. The molecule has 2 heterocycles. The van der Waals surface area contributed by atoms with Crippen LogP contribution in [0.2, 0.25) is 0 Å². The van der Waals surface area contributed by atoms with Crippen LogP contribution in [0.25, 0.3) is 0 Å². The second-order valence-electron chi connectivity index (χ2n) is 4.30. The third-order valence-electron chi connectivity index (χ3n) is 3.14. The number of amides is 1. The summed E-state index contributed by atoms with van der Waals surface area (Å²) in [5.41, 5.74) is -1.13. The van der Waals surface area contributed by atoms with Crippen molar-refractivity contribution in [3.63, 3.8) is 0 Å². The number of rotatable bonds is 4. The summed E-state index contributed by atoms with van der Waals surface area (Å²) in [5, 5.41) is 13.8. The van der Waals surface area contributed by atoms with Crippen LogP contribution in [-0.4, -0.2) is 41.1 Å². The molecule has 0 radical (unpaired) electrons. The number of nitrogens with one attached hydrogen (secondary N) is 1. The van der Waals surface area contributed by atoms with Crippen molar-refractivity contribution < 1.29 is 19.4 Å². The maximum absolute atomic E-state index is 12.1. The SMILES string of the molecule is COc1csc(C(=O)NC2(C(=O)O)CCSCC2)c1. The molecule has 0 spiro atoms. The molecule has 1 saturated heterocycles. The van der Waals surface area contributed by atoms with Crippen molar-refractivity contribution >= 4 is 35.0 Å². The number of hydrogen-bond acceptors (Lipinski definition) is 5. The molecule has 1 aromatic rings. The summed E-state index contributed by atoms with van der Waals surface area (Å²) in [4.78, 5) is 24.1. The van der Waals surface area contributed by atoms with E-state index in [-0.39, 0.29) is 5.91 Å². The zero-order valence-corrected chi connectivity index (χ0v) is 12.1. The van der Waals surface area contributed by atoms with Gasteiger partial charge >= 0.3 is 5.97 Å². The van der Waals surface area contributed by atoms with Gasteiger partial charge in [0.2, 0.25) is 0 Å². The van der Waals surface area contributed by atoms with Crippen LogP contribution < -0.4 is 10.1 Å². The van der Waals surface area contributed by atoms with Gasteiger partial charge in [-0.2, -0.15) is 11.8 Å². The molecule has 1 amide bonds. The molecule has 7 heteroatoms. The van der Waals surface area contributed by atoms with Gasteiger partial charge in [0.15, 0.2) is 0 Å². The predicted molar refractivity (Wildman–Crippen MR) is 75.3 cm³/mol. The van der Waals surface area contributed by atoms with Crippen molar-refractivity contribution in [1.29, 1.82) is 0 Å². The summed E-state index contributed by atoms with van der Waals surface area (Å²) in [6.07, 6.45) is 0.919. The van der Waals surface area contributed by atoms with Crippen LogP contribution in [0.3, 0.4) is 0 Å². The first kappa shape index (κ1) is 14.2. The van der Waals surface area contributed by atoms with Crippen molar-refractivity contribution in [2.75, 3.05) is 18.6 Å². The van der Waals surface area contributed by atoms with E-state index < -0.39 is 11.5 Å². The highest BCUT2D eigenvalue weighted by atomic mass is 32.2. The lowest BCUT2D eigenvalue weighted by molar-refractivity contribution is -0.144. The topological polar surface area (TPSA) is 75.6 Å². The fourth-order valence-electron chi connectivity index (χ4n) is 1.94. The van der Waals surface area contributed by atoms with E-state index in [0.717, 1.165) is 11.5 Å². The molecule has 1 fully saturated rings. The van der Waals surface area contributed by atoms with Crippen molar-refractivity contribution in [3.8, 4) is 5.75 Å². The Morgan fingerprint density at radius 2 is 2.11 bits per heavy atom. The van der Waals surface area contributed by atoms with Gasteiger partial charge in [0.25, 0.3) is 5.91 Å². The quantitative estimate of drug-likeness (QED) is 0.887. The average Bonchev–Trinajstić information content (AvgIpc) is 2.88. The molecule has 0 bridgehead atoms. The molecule has 5 nitrogen and oxygen atoms in total. The number of carboxylic acids is 1. The monoisotopic (exact) mass is 301 g/mol. The first-order valence-corrected chi connectivity index (χ1v) is 7.87. The third kappa shape index (κ3) is 3.03. The highest BCUT2D eigenvalue weighted by Gasteiger charge is 2.41. The maximum atomic E-state index is 12.1. The molecule has 0 aliphatic carbocycles. The van der Waals surface area contributed by atoms with E-state index in [9.17, 15) is 14.7 Å². The minimum Gasteiger partial charge on any atom is -0.496 e. The minimum atomic E-state index is -1.13. The summed E-state index contributed by atoms with van der Waals surface area (Å²) >= 11 is 2.96. The molecule has 0 aromatic carbocycles. The largest absolute Gasteiger partial charge is 0.496 e. The van der Waals surface area contributed by atoms with Crippen LogP contribution in [0.1, 0.15) is 22.5 Å². The van der Waals surface area contributed by atoms with Crippen LogP contribution in [0.15, 0.2) is 11.4 Å². The van der Waals surface area contributed by atoms with Gasteiger partial charge in [0, 0.05) is 11.4 Å². The molecule has 1 aliphatic heterocycles. The first-order valence-electron chi connectivity index (χ1n) is 5.83. The Hall–Kier alpha value is -1.21. The van der Waals surface area contributed by atoms with E-state index in [1.807, 2.05) is 0 Å². The van der Waals surface area contributed by atoms with E-state index in [1.165, 1.54) is 18.4 Å². The normalized spacial score (nSPS) is 17.7. The summed E-state index contributed by atoms with van der Waals surface area (Å²) in [6.45, 7) is 0. The van der Waals surface area contributed by atoms with E-state index >= 15 is 0 Å². The van der Waals surface area contributed by atoms with Crippen molar-refractivity contribution in [2.24, 2.45) is 0 Å². The summed E-state index contributed by atoms with van der Waals surface area (Å²) < 4.78 is 5.02. The Balaban J connectivity index is 2.12. The smallest absolute Gasteiger partial charge is 0.329 e. The van der Waals surface area contributed by atoms with Crippen molar-refractivity contribution in [2.45, 2.75) is 18.4 Å². The zero-order chi connectivity index (χ0) is 13.9. The highest BCUT2D eigenvalue weighted by Crippen LogP contribution is 2.29. The van der Waals surface area contributed by atoms with Crippen LogP contribution >= 0.6 is 23.1 Å². The van der Waals surface area contributed by atoms with E-state index in [2.05, 4.69) is 5.32 Å². The van der Waals surface area contributed by atoms with Gasteiger partial charge in [-0.15, -0.1) is 11.3 Å². The maximum Gasteiger partial charge on any atom is 0.329 e. The number of aliphatic carboxylic acids is 1. The number of hydrogen-bond donors (Lipinski definition) is 2. The second kappa shape index (κ2) is 5.83. The van der Waals surface area contributed by atoms with Crippen LogP contribution in [0.4, 0.5) is 0 Å². The number of methoxy groups -OCH3 is 1. The molecule has 0 atom stereocenters. The van der Waals surface area contributed by atoms with Crippen LogP contribution in [0.5, 0.6) is 5.75 Å². The van der Waals surface area contributed by atoms with Gasteiger partial charge < -0.3 is 15.2 Å². The number of thioether (sulfide) groups is 1. The Morgan fingerprint density at radius 3 is 2.63 bits per heavy atom. The average molecular weight is 301 g/mol. The lowest BCUT2D eigenvalue weighted by Gasteiger charge is -2.33. The molecule has 0 unspecified atom stereocenters. The summed E-state index contributed by atoms with van der Waals surface area (Å²) in [6, 6.07) is 1.62. The van der Waals surface area contributed by atoms with Crippen molar-refractivity contribution in [1.82, 2.24) is 5.32 Å². The number of carboxylic acid groups (broad SMARTS) is 1. The predicted octanol–water partition coefficient (Wildman–Crippen LogP) is 1.84. The minimum absolute atomic E-state index is 0.345. The first-order chi connectivity index (χ1) is 9.07. The number of carbonyl (C=O) groups is 2. The number of thiophene rings is 1. The van der Waals surface area contributed by atoms with E-state index in [1.54, 1.807) is 23.2 Å². The van der Waals surface area contributed by atoms with Gasteiger partial charge in [-0.05, 0) is 24.3 Å². The zero-order valence-electron chi connectivity index (χ0n) is 10.5. The Labute approximate surface area is 119 Å². The summed E-state index contributed by atoms with van der Waals surface area (Å²) in [5.74, 6) is 0.812. The highest BCUT2D eigenvalue weighted by molar-refractivity contribution is 7.99. The lowest BCUT2D eigenvalue weighted by atomic mass is 9.92. The molecule has 2 rings (SSSR count). The molecule has 2 N–H and O–H groups in total. The molecule has 1 aliphatic rings. The van der Waals surface area contributed by atoms with Crippen LogP contribution in [0, 0.1) is 0 Å². The molecule has 1 aromatic heterocycles. The third-order valence-corrected chi connectivity index (χ3v) is 5.04. The molecular weight excluding hydrogens is 286 g/mol. The fourth-order valence-corrected chi connectivity index (χ4v) is 3.88. The Kier molecular flexibility index (Phi) is 4.36. The molecular formula is C12H15NO4S2. The van der Waals surface area contributed by atoms with Crippen LogP contribution in [-0.2, 0) is 4.79 Å². The fraction of sp³-hybridized carbons (Fsp3) is 0.500. The molecule has 0 saturated carbocycles. The molecule has 104 valence electrons. The van der Waals surface area contributed by atoms with Gasteiger partial charge in [-0.1, -0.05) is 0 Å². The van der Waals surface area contributed by atoms with Gasteiger partial charge in [-0.3, -0.25) is 4.79 Å². The Bertz CT molecular complexity index is 480. The van der Waals surface area contributed by atoms with Gasteiger partial charge in [0.05, 0.1) is 12.0 Å². The van der Waals surface area contributed by atoms with E-state index in [4.69, 9.17) is 4.74 Å². The summed E-state index contributed by atoms with van der Waals surface area (Å²) in [7, 11) is 1.53. The van der Waals surface area contributed by atoms with Gasteiger partial charge in [-0.25, -0.2) is 4.79 Å². The number of carbonyl (C=O) groups excluding carboxylic acids is 1. The van der Waals surface area contributed by atoms with Gasteiger partial charge in [0.1, 0.15) is 11.3 Å². The standard InChI is InChI=1S/C12H15NO4S2/c1-17-8-6-9(19-7-8)10(14)13-12(11(15)16)2-4-18-5-3-12/h6-7H,2-5H2,1H3,(H,13,14)(H,15,16). The number of ether oxygens (including phenoxy) is 1.